The van der Waals surface area contributed by atoms with Gasteiger partial charge in [-0.25, -0.2) is 0 Å². The number of nitrogens with zero attached hydrogens (tertiary/aromatic N) is 1. The molecular weight excluding hydrogens is 256 g/mol. The number of hydrogen-bond donors (Lipinski definition) is 1. The van der Waals surface area contributed by atoms with Gasteiger partial charge in [0.05, 0.1) is 0 Å². The van der Waals surface area contributed by atoms with Crippen LogP contribution in [0.5, 0.6) is 0 Å². The van der Waals surface area contributed by atoms with Crippen LogP contribution >= 0.6 is 0 Å². The minimum absolute atomic E-state index is 0.716. The van der Waals surface area contributed by atoms with Gasteiger partial charge in [-0.05, 0) is 48.4 Å². The zero-order valence-corrected chi connectivity index (χ0v) is 14.2. The van der Waals surface area contributed by atoms with Crippen LogP contribution in [-0.2, 0) is 13.1 Å². The molecule has 1 fully saturated rings. The molecule has 0 radical (unpaired) electrons. The monoisotopic (exact) mass is 288 g/mol. The molecule has 1 saturated heterocycles. The minimum Gasteiger partial charge on any atom is -0.312 e. The number of hydrogen-bond acceptors (Lipinski definition) is 2. The molecule has 2 rings (SSSR count). The molecule has 0 aliphatic carbocycles. The lowest BCUT2D eigenvalue weighted by Crippen LogP contribution is -2.21. The molecule has 2 heteroatoms. The van der Waals surface area contributed by atoms with Crippen LogP contribution < -0.4 is 5.32 Å². The van der Waals surface area contributed by atoms with Gasteiger partial charge in [-0.15, -0.1) is 0 Å². The molecule has 0 amide bonds. The fourth-order valence-electron chi connectivity index (χ4n) is 3.08. The van der Waals surface area contributed by atoms with Gasteiger partial charge in [0.2, 0.25) is 0 Å². The lowest BCUT2D eigenvalue weighted by Gasteiger charge is -2.18. The molecule has 0 aromatic heterocycles. The van der Waals surface area contributed by atoms with Crippen molar-refractivity contribution in [3.8, 4) is 0 Å². The van der Waals surface area contributed by atoms with Crippen LogP contribution in [-0.4, -0.2) is 24.5 Å². The van der Waals surface area contributed by atoms with Crippen molar-refractivity contribution in [1.82, 2.24) is 10.2 Å². The van der Waals surface area contributed by atoms with E-state index in [9.17, 15) is 0 Å². The van der Waals surface area contributed by atoms with E-state index in [2.05, 4.69) is 62.2 Å². The second kappa shape index (κ2) is 7.95. The largest absolute Gasteiger partial charge is 0.312 e. The zero-order chi connectivity index (χ0) is 15.2. The molecule has 1 aliphatic rings. The van der Waals surface area contributed by atoms with E-state index in [1.165, 1.54) is 30.6 Å². The summed E-state index contributed by atoms with van der Waals surface area (Å²) < 4.78 is 0. The quantitative estimate of drug-likeness (QED) is 0.818. The van der Waals surface area contributed by atoms with E-state index in [4.69, 9.17) is 0 Å². The summed E-state index contributed by atoms with van der Waals surface area (Å²) in [5.74, 6) is 2.43. The Balaban J connectivity index is 1.77. The Morgan fingerprint density at radius 1 is 1.10 bits per heavy atom. The first-order valence-electron chi connectivity index (χ1n) is 8.55. The summed E-state index contributed by atoms with van der Waals surface area (Å²) in [6.07, 6.45) is 1.37. The van der Waals surface area contributed by atoms with Crippen LogP contribution in [0.2, 0.25) is 0 Å². The molecule has 118 valence electrons. The van der Waals surface area contributed by atoms with Gasteiger partial charge in [-0.1, -0.05) is 52.0 Å². The Morgan fingerprint density at radius 2 is 1.76 bits per heavy atom. The topological polar surface area (TPSA) is 15.3 Å². The summed E-state index contributed by atoms with van der Waals surface area (Å²) in [5, 5.41) is 3.50. The van der Waals surface area contributed by atoms with Crippen molar-refractivity contribution in [2.45, 2.75) is 47.2 Å². The van der Waals surface area contributed by atoms with E-state index in [1.807, 2.05) is 0 Å². The number of rotatable bonds is 7. The standard InChI is InChI=1S/C19H32N2/c1-15(2)11-20-12-17-5-7-18(8-6-17)13-21-10-9-19(14-21)16(3)4/h5-8,15-16,19-20H,9-14H2,1-4H3. The molecule has 0 saturated carbocycles. The van der Waals surface area contributed by atoms with Crippen molar-refractivity contribution >= 4 is 0 Å². The van der Waals surface area contributed by atoms with Crippen molar-refractivity contribution in [3.63, 3.8) is 0 Å². The number of nitrogens with one attached hydrogen (secondary N) is 1. The van der Waals surface area contributed by atoms with E-state index < -0.39 is 0 Å². The third kappa shape index (κ3) is 5.44. The summed E-state index contributed by atoms with van der Waals surface area (Å²) in [5.41, 5.74) is 2.84. The maximum atomic E-state index is 3.50. The summed E-state index contributed by atoms with van der Waals surface area (Å²) in [6, 6.07) is 9.15. The molecule has 1 aliphatic heterocycles. The highest BCUT2D eigenvalue weighted by molar-refractivity contribution is 5.22. The first-order chi connectivity index (χ1) is 10.0. The third-order valence-corrected chi connectivity index (χ3v) is 4.56. The van der Waals surface area contributed by atoms with Crippen LogP contribution in [0.4, 0.5) is 0 Å². The van der Waals surface area contributed by atoms with E-state index in [1.54, 1.807) is 0 Å². The second-order valence-corrected chi connectivity index (χ2v) is 7.37. The van der Waals surface area contributed by atoms with Crippen LogP contribution in [0.1, 0.15) is 45.2 Å². The van der Waals surface area contributed by atoms with E-state index in [0.29, 0.717) is 5.92 Å². The third-order valence-electron chi connectivity index (χ3n) is 4.56. The molecule has 1 atom stereocenters. The predicted molar refractivity (Wildman–Crippen MR) is 91.2 cm³/mol. The SMILES string of the molecule is CC(C)CNCc1ccc(CN2CCC(C(C)C)C2)cc1. The molecule has 1 N–H and O–H groups in total. The highest BCUT2D eigenvalue weighted by Gasteiger charge is 2.24. The van der Waals surface area contributed by atoms with Gasteiger partial charge in [-0.2, -0.15) is 0 Å². The highest BCUT2D eigenvalue weighted by Crippen LogP contribution is 2.24. The summed E-state index contributed by atoms with van der Waals surface area (Å²) in [4.78, 5) is 2.61. The first kappa shape index (κ1) is 16.5. The summed E-state index contributed by atoms with van der Waals surface area (Å²) in [6.45, 7) is 14.9. The average molecular weight is 288 g/mol. The lowest BCUT2D eigenvalue weighted by atomic mass is 9.95. The summed E-state index contributed by atoms with van der Waals surface area (Å²) >= 11 is 0. The van der Waals surface area contributed by atoms with Crippen molar-refractivity contribution in [2.75, 3.05) is 19.6 Å². The van der Waals surface area contributed by atoms with Crippen molar-refractivity contribution < 1.29 is 0 Å². The van der Waals surface area contributed by atoms with Crippen molar-refractivity contribution in [3.05, 3.63) is 35.4 Å². The van der Waals surface area contributed by atoms with Crippen LogP contribution in [0, 0.1) is 17.8 Å². The summed E-state index contributed by atoms with van der Waals surface area (Å²) in [7, 11) is 0. The highest BCUT2D eigenvalue weighted by atomic mass is 15.1. The van der Waals surface area contributed by atoms with Crippen molar-refractivity contribution in [1.29, 1.82) is 0 Å². The molecular formula is C19H32N2. The van der Waals surface area contributed by atoms with Crippen LogP contribution in [0.3, 0.4) is 0 Å². The smallest absolute Gasteiger partial charge is 0.0233 e. The predicted octanol–water partition coefficient (Wildman–Crippen LogP) is 3.91. The number of benzene rings is 1. The van der Waals surface area contributed by atoms with Gasteiger partial charge in [-0.3, -0.25) is 4.90 Å². The molecule has 21 heavy (non-hydrogen) atoms. The fraction of sp³-hybridized carbons (Fsp3) is 0.684. The van der Waals surface area contributed by atoms with E-state index in [-0.39, 0.29) is 0 Å². The maximum Gasteiger partial charge on any atom is 0.0233 e. The van der Waals surface area contributed by atoms with Gasteiger partial charge in [0.25, 0.3) is 0 Å². The molecule has 1 aromatic rings. The average Bonchev–Trinajstić information content (AvgIpc) is 2.89. The molecule has 0 spiro atoms. The first-order valence-corrected chi connectivity index (χ1v) is 8.55. The number of likely N-dealkylation sites (tertiary alicyclic amines) is 1. The van der Waals surface area contributed by atoms with E-state index >= 15 is 0 Å². The van der Waals surface area contributed by atoms with Crippen LogP contribution in [0.15, 0.2) is 24.3 Å². The minimum atomic E-state index is 0.716. The maximum absolute atomic E-state index is 3.50. The Morgan fingerprint density at radius 3 is 2.33 bits per heavy atom. The Bertz CT molecular complexity index is 408. The lowest BCUT2D eigenvalue weighted by molar-refractivity contribution is 0.297. The molecule has 1 heterocycles. The normalized spacial score (nSPS) is 19.8. The van der Waals surface area contributed by atoms with Gasteiger partial charge in [0.15, 0.2) is 0 Å². The second-order valence-electron chi connectivity index (χ2n) is 7.37. The Labute approximate surface area is 130 Å². The zero-order valence-electron chi connectivity index (χ0n) is 14.2. The van der Waals surface area contributed by atoms with Crippen molar-refractivity contribution in [2.24, 2.45) is 17.8 Å². The Hall–Kier alpha value is -0.860. The molecule has 2 nitrogen and oxygen atoms in total. The molecule has 0 bridgehead atoms. The molecule has 1 unspecified atom stereocenters. The van der Waals surface area contributed by atoms with E-state index in [0.717, 1.165) is 31.5 Å². The van der Waals surface area contributed by atoms with Crippen LogP contribution in [0.25, 0.3) is 0 Å². The Kier molecular flexibility index (Phi) is 6.25. The van der Waals surface area contributed by atoms with Gasteiger partial charge >= 0.3 is 0 Å². The molecule has 1 aromatic carbocycles. The fourth-order valence-corrected chi connectivity index (χ4v) is 3.08. The van der Waals surface area contributed by atoms with Gasteiger partial charge in [0, 0.05) is 19.6 Å². The van der Waals surface area contributed by atoms with Gasteiger partial charge in [0.1, 0.15) is 0 Å². The van der Waals surface area contributed by atoms with Gasteiger partial charge < -0.3 is 5.32 Å².